The number of anilines is 1. The molecule has 0 saturated heterocycles. The van der Waals surface area contributed by atoms with Gasteiger partial charge in [-0.1, -0.05) is 41.9 Å². The number of aromatic nitrogens is 2. The Labute approximate surface area is 105 Å². The number of hydrogen-bond acceptors (Lipinski definition) is 4. The fourth-order valence-corrected chi connectivity index (χ4v) is 1.64. The first-order chi connectivity index (χ1) is 8.29. The lowest BCUT2D eigenvalue weighted by Gasteiger charge is -1.99. The van der Waals surface area contributed by atoms with Crippen molar-refractivity contribution in [2.75, 3.05) is 11.9 Å². The van der Waals surface area contributed by atoms with E-state index in [4.69, 9.17) is 16.1 Å². The van der Waals surface area contributed by atoms with Gasteiger partial charge in [-0.2, -0.15) is 4.98 Å². The van der Waals surface area contributed by atoms with Crippen molar-refractivity contribution in [3.63, 3.8) is 0 Å². The minimum absolute atomic E-state index is 0.467. The molecular formula is C12H14ClN3O. The first-order valence-corrected chi connectivity index (χ1v) is 5.97. The SMILES string of the molecule is CCCNc1nc(Cc2ccccc2Cl)no1. The largest absolute Gasteiger partial charge is 0.338 e. The van der Waals surface area contributed by atoms with Crippen LogP contribution < -0.4 is 5.32 Å². The van der Waals surface area contributed by atoms with Crippen molar-refractivity contribution in [2.45, 2.75) is 19.8 Å². The van der Waals surface area contributed by atoms with E-state index in [9.17, 15) is 0 Å². The fourth-order valence-electron chi connectivity index (χ4n) is 1.44. The molecular weight excluding hydrogens is 238 g/mol. The average Bonchev–Trinajstić information content (AvgIpc) is 2.77. The number of nitrogens with one attached hydrogen (secondary N) is 1. The Hall–Kier alpha value is -1.55. The molecule has 0 saturated carbocycles. The minimum Gasteiger partial charge on any atom is -0.338 e. The molecule has 2 aromatic rings. The fraction of sp³-hybridized carbons (Fsp3) is 0.333. The van der Waals surface area contributed by atoms with Gasteiger partial charge in [0.05, 0.1) is 0 Å². The minimum atomic E-state index is 0.467. The second kappa shape index (κ2) is 5.68. The summed E-state index contributed by atoms with van der Waals surface area (Å²) in [7, 11) is 0. The molecule has 0 bridgehead atoms. The zero-order valence-corrected chi connectivity index (χ0v) is 10.4. The summed E-state index contributed by atoms with van der Waals surface area (Å²) in [6.07, 6.45) is 1.60. The van der Waals surface area contributed by atoms with Gasteiger partial charge >= 0.3 is 6.01 Å². The van der Waals surface area contributed by atoms with E-state index in [2.05, 4.69) is 22.4 Å². The maximum absolute atomic E-state index is 6.06. The maximum atomic E-state index is 6.06. The summed E-state index contributed by atoms with van der Waals surface area (Å²) in [4.78, 5) is 4.24. The molecule has 0 spiro atoms. The molecule has 0 aliphatic rings. The van der Waals surface area contributed by atoms with Crippen molar-refractivity contribution in [2.24, 2.45) is 0 Å². The smallest absolute Gasteiger partial charge is 0.321 e. The van der Waals surface area contributed by atoms with Crippen LogP contribution in [0, 0.1) is 0 Å². The second-order valence-corrected chi connectivity index (χ2v) is 4.12. The quantitative estimate of drug-likeness (QED) is 0.887. The van der Waals surface area contributed by atoms with E-state index in [0.717, 1.165) is 23.6 Å². The molecule has 0 aliphatic carbocycles. The molecule has 4 nitrogen and oxygen atoms in total. The highest BCUT2D eigenvalue weighted by molar-refractivity contribution is 6.31. The first-order valence-electron chi connectivity index (χ1n) is 5.59. The van der Waals surface area contributed by atoms with Crippen LogP contribution in [-0.4, -0.2) is 16.7 Å². The Balaban J connectivity index is 2.04. The summed E-state index contributed by atoms with van der Waals surface area (Å²) in [6.45, 7) is 2.90. The lowest BCUT2D eigenvalue weighted by molar-refractivity contribution is 0.423. The summed E-state index contributed by atoms with van der Waals surface area (Å²) in [5.41, 5.74) is 0.997. The van der Waals surface area contributed by atoms with Crippen LogP contribution in [0.2, 0.25) is 5.02 Å². The van der Waals surface area contributed by atoms with Crippen LogP contribution >= 0.6 is 11.6 Å². The van der Waals surface area contributed by atoms with Gasteiger partial charge in [-0.3, -0.25) is 0 Å². The summed E-state index contributed by atoms with van der Waals surface area (Å²) in [5.74, 6) is 0.636. The number of rotatable bonds is 5. The van der Waals surface area contributed by atoms with Gasteiger partial charge in [0.2, 0.25) is 0 Å². The zero-order valence-electron chi connectivity index (χ0n) is 9.61. The molecule has 0 aliphatic heterocycles. The van der Waals surface area contributed by atoms with Crippen LogP contribution in [0.5, 0.6) is 0 Å². The Morgan fingerprint density at radius 2 is 2.18 bits per heavy atom. The molecule has 0 amide bonds. The van der Waals surface area contributed by atoms with E-state index in [1.54, 1.807) is 0 Å². The normalized spacial score (nSPS) is 10.5. The third-order valence-corrected chi connectivity index (χ3v) is 2.67. The molecule has 1 N–H and O–H groups in total. The third kappa shape index (κ3) is 3.20. The highest BCUT2D eigenvalue weighted by Crippen LogP contribution is 2.18. The van der Waals surface area contributed by atoms with Crippen LogP contribution in [0.4, 0.5) is 6.01 Å². The van der Waals surface area contributed by atoms with Crippen LogP contribution in [0.3, 0.4) is 0 Å². The van der Waals surface area contributed by atoms with E-state index >= 15 is 0 Å². The topological polar surface area (TPSA) is 51.0 Å². The summed E-state index contributed by atoms with van der Waals surface area (Å²) in [5, 5.41) is 7.66. The molecule has 1 heterocycles. The lowest BCUT2D eigenvalue weighted by Crippen LogP contribution is -2.00. The Kier molecular flexibility index (Phi) is 3.98. The maximum Gasteiger partial charge on any atom is 0.321 e. The van der Waals surface area contributed by atoms with E-state index in [-0.39, 0.29) is 0 Å². The van der Waals surface area contributed by atoms with E-state index in [1.807, 2.05) is 24.3 Å². The van der Waals surface area contributed by atoms with Crippen molar-refractivity contribution in [3.05, 3.63) is 40.7 Å². The first kappa shape index (κ1) is 11.9. The number of halogens is 1. The summed E-state index contributed by atoms with van der Waals surface area (Å²) in [6, 6.07) is 8.12. The molecule has 1 aromatic heterocycles. The summed E-state index contributed by atoms with van der Waals surface area (Å²) >= 11 is 6.06. The molecule has 2 rings (SSSR count). The average molecular weight is 252 g/mol. The van der Waals surface area contributed by atoms with Crippen molar-refractivity contribution < 1.29 is 4.52 Å². The highest BCUT2D eigenvalue weighted by atomic mass is 35.5. The van der Waals surface area contributed by atoms with Gasteiger partial charge in [-0.25, -0.2) is 0 Å². The van der Waals surface area contributed by atoms with Gasteiger partial charge in [-0.15, -0.1) is 0 Å². The predicted octanol–water partition coefficient (Wildman–Crippen LogP) is 3.14. The van der Waals surface area contributed by atoms with Crippen molar-refractivity contribution in [1.82, 2.24) is 10.1 Å². The van der Waals surface area contributed by atoms with Crippen LogP contribution in [0.15, 0.2) is 28.8 Å². The number of nitrogens with zero attached hydrogens (tertiary/aromatic N) is 2. The van der Waals surface area contributed by atoms with Crippen LogP contribution in [-0.2, 0) is 6.42 Å². The molecule has 0 unspecified atom stereocenters. The lowest BCUT2D eigenvalue weighted by atomic mass is 10.1. The zero-order chi connectivity index (χ0) is 12.1. The standard InChI is InChI=1S/C12H14ClN3O/c1-2-7-14-12-15-11(16-17-12)8-9-5-3-4-6-10(9)13/h3-6H,2,7-8H2,1H3,(H,14,15,16). The van der Waals surface area contributed by atoms with Crippen molar-refractivity contribution >= 4 is 17.6 Å². The van der Waals surface area contributed by atoms with E-state index in [0.29, 0.717) is 18.3 Å². The molecule has 0 fully saturated rings. The van der Waals surface area contributed by atoms with Gasteiger partial charge in [0.1, 0.15) is 0 Å². The van der Waals surface area contributed by atoms with Gasteiger partial charge < -0.3 is 9.84 Å². The number of hydrogen-bond donors (Lipinski definition) is 1. The van der Waals surface area contributed by atoms with E-state index < -0.39 is 0 Å². The molecule has 1 aromatic carbocycles. The molecule has 5 heteroatoms. The van der Waals surface area contributed by atoms with Gasteiger partial charge in [0, 0.05) is 18.0 Å². The molecule has 90 valence electrons. The van der Waals surface area contributed by atoms with Crippen LogP contribution in [0.25, 0.3) is 0 Å². The monoisotopic (exact) mass is 251 g/mol. The van der Waals surface area contributed by atoms with E-state index in [1.165, 1.54) is 0 Å². The Bertz CT molecular complexity index is 484. The van der Waals surface area contributed by atoms with Crippen molar-refractivity contribution in [3.8, 4) is 0 Å². The molecule has 0 radical (unpaired) electrons. The third-order valence-electron chi connectivity index (χ3n) is 2.30. The highest BCUT2D eigenvalue weighted by Gasteiger charge is 2.08. The molecule has 0 atom stereocenters. The summed E-state index contributed by atoms with van der Waals surface area (Å²) < 4.78 is 5.06. The number of benzene rings is 1. The van der Waals surface area contributed by atoms with Crippen LogP contribution in [0.1, 0.15) is 24.7 Å². The Morgan fingerprint density at radius 1 is 1.35 bits per heavy atom. The molecule has 17 heavy (non-hydrogen) atoms. The second-order valence-electron chi connectivity index (χ2n) is 3.71. The predicted molar refractivity (Wildman–Crippen MR) is 67.3 cm³/mol. The van der Waals surface area contributed by atoms with Gasteiger partial charge in [0.25, 0.3) is 0 Å². The Morgan fingerprint density at radius 3 is 2.94 bits per heavy atom. The van der Waals surface area contributed by atoms with Gasteiger partial charge in [0.15, 0.2) is 5.82 Å². The van der Waals surface area contributed by atoms with Gasteiger partial charge in [-0.05, 0) is 18.1 Å². The van der Waals surface area contributed by atoms with Crippen molar-refractivity contribution in [1.29, 1.82) is 0 Å².